The lowest BCUT2D eigenvalue weighted by molar-refractivity contribution is 0.0954. The molecule has 0 aliphatic rings. The molecule has 0 heterocycles. The van der Waals surface area contributed by atoms with Gasteiger partial charge in [-0.3, -0.25) is 4.79 Å². The first kappa shape index (κ1) is 10.3. The average molecular weight is 197 g/mol. The molecule has 70 valence electrons. The Morgan fingerprint density at radius 1 is 1.31 bits per heavy atom. The second-order valence-electron chi connectivity index (χ2n) is 3.62. The average Bonchev–Trinajstić information content (AvgIpc) is 2.02. The predicted molar refractivity (Wildman–Crippen MR) is 55.4 cm³/mol. The van der Waals surface area contributed by atoms with Crippen LogP contribution in [0.1, 0.15) is 29.8 Å². The monoisotopic (exact) mass is 196 g/mol. The van der Waals surface area contributed by atoms with Gasteiger partial charge in [0.05, 0.1) is 0 Å². The summed E-state index contributed by atoms with van der Waals surface area (Å²) in [5.41, 5.74) is 1.68. The summed E-state index contributed by atoms with van der Waals surface area (Å²) in [5.74, 6) is -0.0210. The summed E-state index contributed by atoms with van der Waals surface area (Å²) in [5, 5.41) is 0. The number of rotatable bonds is 2. The highest BCUT2D eigenvalue weighted by Gasteiger charge is 2.26. The molecule has 1 nitrogen and oxygen atoms in total. The van der Waals surface area contributed by atoms with Crippen LogP contribution in [0.15, 0.2) is 24.3 Å². The summed E-state index contributed by atoms with van der Waals surface area (Å²) in [4.78, 5) is 10.9. The molecule has 2 heteroatoms. The Labute approximate surface area is 83.7 Å². The number of Topliss-reactive ketones (excluding diaryl/α,β-unsaturated/α-hetero) is 1. The maximum Gasteiger partial charge on any atom is 0.183 e. The largest absolute Gasteiger partial charge is 0.292 e. The summed E-state index contributed by atoms with van der Waals surface area (Å²) >= 11 is 5.94. The normalized spacial score (nSPS) is 11.4. The molecule has 13 heavy (non-hydrogen) atoms. The van der Waals surface area contributed by atoms with E-state index >= 15 is 0 Å². The van der Waals surface area contributed by atoms with Gasteiger partial charge in [0.1, 0.15) is 4.87 Å². The van der Waals surface area contributed by atoms with Crippen molar-refractivity contribution in [3.8, 4) is 0 Å². The Hall–Kier alpha value is -0.820. The maximum absolute atomic E-state index is 11.8. The zero-order valence-electron chi connectivity index (χ0n) is 8.10. The molecule has 0 atom stereocenters. The van der Waals surface area contributed by atoms with E-state index in [4.69, 9.17) is 11.6 Å². The highest BCUT2D eigenvalue weighted by atomic mass is 35.5. The second kappa shape index (κ2) is 3.51. The van der Waals surface area contributed by atoms with Crippen LogP contribution in [0.25, 0.3) is 0 Å². The lowest BCUT2D eigenvalue weighted by Gasteiger charge is -2.15. The van der Waals surface area contributed by atoms with Crippen LogP contribution < -0.4 is 0 Å². The SMILES string of the molecule is Cc1ccccc1C(=O)C(C)(C)Cl. The van der Waals surface area contributed by atoms with Crippen molar-refractivity contribution in [1.82, 2.24) is 0 Å². The summed E-state index contributed by atoms with van der Waals surface area (Å²) in [6, 6.07) is 7.48. The highest BCUT2D eigenvalue weighted by molar-refractivity contribution is 6.37. The van der Waals surface area contributed by atoms with E-state index in [1.807, 2.05) is 31.2 Å². The fourth-order valence-electron chi connectivity index (χ4n) is 1.15. The summed E-state index contributed by atoms with van der Waals surface area (Å²) < 4.78 is 0. The van der Waals surface area contributed by atoms with Crippen molar-refractivity contribution in [3.05, 3.63) is 35.4 Å². The Balaban J connectivity index is 3.10. The van der Waals surface area contributed by atoms with Crippen LogP contribution in [0.2, 0.25) is 0 Å². The summed E-state index contributed by atoms with van der Waals surface area (Å²) in [6.07, 6.45) is 0. The maximum atomic E-state index is 11.8. The van der Waals surface area contributed by atoms with Gasteiger partial charge in [0.2, 0.25) is 0 Å². The van der Waals surface area contributed by atoms with Gasteiger partial charge in [0.25, 0.3) is 0 Å². The third-order valence-electron chi connectivity index (χ3n) is 1.93. The van der Waals surface area contributed by atoms with Gasteiger partial charge in [-0.2, -0.15) is 0 Å². The third-order valence-corrected chi connectivity index (χ3v) is 2.10. The molecule has 0 fully saturated rings. The van der Waals surface area contributed by atoms with Gasteiger partial charge in [-0.15, -0.1) is 11.6 Å². The van der Waals surface area contributed by atoms with Gasteiger partial charge in [-0.25, -0.2) is 0 Å². The van der Waals surface area contributed by atoms with E-state index < -0.39 is 4.87 Å². The molecule has 0 radical (unpaired) electrons. The molecule has 0 aliphatic heterocycles. The first-order chi connectivity index (χ1) is 5.93. The van der Waals surface area contributed by atoms with Crippen molar-refractivity contribution in [2.45, 2.75) is 25.6 Å². The molecule has 1 aromatic rings. The molecule has 0 aliphatic carbocycles. The van der Waals surface area contributed by atoms with Crippen LogP contribution in [0.4, 0.5) is 0 Å². The number of alkyl halides is 1. The molecule has 0 N–H and O–H groups in total. The fraction of sp³-hybridized carbons (Fsp3) is 0.364. The van der Waals surface area contributed by atoms with Crippen molar-refractivity contribution in [2.75, 3.05) is 0 Å². The number of ketones is 1. The number of benzene rings is 1. The molecule has 0 spiro atoms. The molecule has 0 unspecified atom stereocenters. The number of halogens is 1. The van der Waals surface area contributed by atoms with E-state index in [1.165, 1.54) is 0 Å². The lowest BCUT2D eigenvalue weighted by Crippen LogP contribution is -2.25. The molecule has 0 amide bonds. The predicted octanol–water partition coefficient (Wildman–Crippen LogP) is 3.20. The van der Waals surface area contributed by atoms with E-state index in [1.54, 1.807) is 13.8 Å². The van der Waals surface area contributed by atoms with E-state index in [0.717, 1.165) is 5.56 Å². The van der Waals surface area contributed by atoms with Crippen LogP contribution in [0.5, 0.6) is 0 Å². The minimum absolute atomic E-state index is 0.0210. The van der Waals surface area contributed by atoms with Gasteiger partial charge in [0.15, 0.2) is 5.78 Å². The molecule has 0 bridgehead atoms. The van der Waals surface area contributed by atoms with Crippen LogP contribution >= 0.6 is 11.6 Å². The third kappa shape index (κ3) is 2.31. The first-order valence-electron chi connectivity index (χ1n) is 4.22. The number of hydrogen-bond acceptors (Lipinski definition) is 1. The second-order valence-corrected chi connectivity index (χ2v) is 4.56. The van der Waals surface area contributed by atoms with Gasteiger partial charge >= 0.3 is 0 Å². The van der Waals surface area contributed by atoms with Gasteiger partial charge in [-0.1, -0.05) is 24.3 Å². The van der Waals surface area contributed by atoms with Crippen LogP contribution in [0.3, 0.4) is 0 Å². The standard InChI is InChI=1S/C11H13ClO/c1-8-6-4-5-7-9(8)10(13)11(2,3)12/h4-7H,1-3H3. The van der Waals surface area contributed by atoms with Crippen molar-refractivity contribution in [1.29, 1.82) is 0 Å². The van der Waals surface area contributed by atoms with Crippen LogP contribution in [-0.4, -0.2) is 10.7 Å². The Kier molecular flexibility index (Phi) is 2.77. The van der Waals surface area contributed by atoms with Gasteiger partial charge < -0.3 is 0 Å². The lowest BCUT2D eigenvalue weighted by atomic mass is 9.97. The molecule has 0 aromatic heterocycles. The van der Waals surface area contributed by atoms with Crippen molar-refractivity contribution >= 4 is 17.4 Å². The van der Waals surface area contributed by atoms with Gasteiger partial charge in [0, 0.05) is 5.56 Å². The summed E-state index contributed by atoms with van der Waals surface area (Å²) in [7, 11) is 0. The smallest absolute Gasteiger partial charge is 0.183 e. The van der Waals surface area contributed by atoms with Gasteiger partial charge in [-0.05, 0) is 26.3 Å². The van der Waals surface area contributed by atoms with Crippen molar-refractivity contribution < 1.29 is 4.79 Å². The van der Waals surface area contributed by atoms with Crippen molar-refractivity contribution in [2.24, 2.45) is 0 Å². The Bertz CT molecular complexity index is 323. The highest BCUT2D eigenvalue weighted by Crippen LogP contribution is 2.21. The molecule has 1 rings (SSSR count). The molecular weight excluding hydrogens is 184 g/mol. The minimum atomic E-state index is -0.813. The molecule has 0 saturated carbocycles. The first-order valence-corrected chi connectivity index (χ1v) is 4.60. The van der Waals surface area contributed by atoms with Crippen LogP contribution in [0, 0.1) is 6.92 Å². The number of aryl methyl sites for hydroxylation is 1. The number of hydrogen-bond donors (Lipinski definition) is 0. The Morgan fingerprint density at radius 3 is 2.31 bits per heavy atom. The van der Waals surface area contributed by atoms with E-state index in [9.17, 15) is 4.79 Å². The number of carbonyl (C=O) groups is 1. The van der Waals surface area contributed by atoms with Crippen molar-refractivity contribution in [3.63, 3.8) is 0 Å². The number of carbonyl (C=O) groups excluding carboxylic acids is 1. The minimum Gasteiger partial charge on any atom is -0.292 e. The fourth-order valence-corrected chi connectivity index (χ4v) is 1.25. The quantitative estimate of drug-likeness (QED) is 0.525. The summed E-state index contributed by atoms with van der Waals surface area (Å²) in [6.45, 7) is 5.34. The van der Waals surface area contributed by atoms with E-state index in [0.29, 0.717) is 5.56 Å². The van der Waals surface area contributed by atoms with E-state index in [2.05, 4.69) is 0 Å². The van der Waals surface area contributed by atoms with E-state index in [-0.39, 0.29) is 5.78 Å². The molecule has 1 aromatic carbocycles. The zero-order valence-corrected chi connectivity index (χ0v) is 8.85. The molecular formula is C11H13ClO. The zero-order chi connectivity index (χ0) is 10.1. The molecule has 0 saturated heterocycles. The van der Waals surface area contributed by atoms with Crippen LogP contribution in [-0.2, 0) is 0 Å². The topological polar surface area (TPSA) is 17.1 Å². The Morgan fingerprint density at radius 2 is 1.85 bits per heavy atom.